The monoisotopic (exact) mass is 350 g/mol. The zero-order valence-electron chi connectivity index (χ0n) is 13.2. The van der Waals surface area contributed by atoms with Gasteiger partial charge >= 0.3 is 0 Å². The van der Waals surface area contributed by atoms with Crippen molar-refractivity contribution in [2.24, 2.45) is 0 Å². The van der Waals surface area contributed by atoms with Crippen LogP contribution in [0.5, 0.6) is 0 Å². The Morgan fingerprint density at radius 2 is 2.12 bits per heavy atom. The second-order valence-corrected chi connectivity index (χ2v) is 8.38. The Bertz CT molecular complexity index is 834. The van der Waals surface area contributed by atoms with E-state index in [-0.39, 0.29) is 23.8 Å². The number of carbonyl (C=O) groups is 1. The highest BCUT2D eigenvalue weighted by atomic mass is 32.2. The van der Waals surface area contributed by atoms with Gasteiger partial charge in [-0.25, -0.2) is 8.42 Å². The molecule has 2 aromatic heterocycles. The first kappa shape index (κ1) is 16.6. The zero-order chi connectivity index (χ0) is 17.2. The van der Waals surface area contributed by atoms with E-state index in [1.807, 2.05) is 0 Å². The van der Waals surface area contributed by atoms with Crippen molar-refractivity contribution in [3.63, 3.8) is 0 Å². The van der Waals surface area contributed by atoms with Gasteiger partial charge in [0.05, 0.1) is 17.0 Å². The van der Waals surface area contributed by atoms with E-state index in [1.54, 1.807) is 31.5 Å². The number of aromatic nitrogens is 3. The molecule has 0 saturated carbocycles. The van der Waals surface area contributed by atoms with E-state index in [0.29, 0.717) is 24.6 Å². The van der Waals surface area contributed by atoms with Crippen LogP contribution >= 0.6 is 0 Å². The molecule has 0 bridgehead atoms. The van der Waals surface area contributed by atoms with Crippen molar-refractivity contribution in [3.05, 3.63) is 30.4 Å². The number of hydrogen-bond donors (Lipinski definition) is 1. The Morgan fingerprint density at radius 1 is 1.38 bits per heavy atom. The Labute approximate surface area is 139 Å². The molecule has 0 radical (unpaired) electrons. The van der Waals surface area contributed by atoms with Gasteiger partial charge in [-0.15, -0.1) is 0 Å². The molecular weight excluding hydrogens is 332 g/mol. The van der Waals surface area contributed by atoms with Gasteiger partial charge in [-0.1, -0.05) is 5.16 Å². The number of pyridine rings is 1. The van der Waals surface area contributed by atoms with Gasteiger partial charge in [0.25, 0.3) is 0 Å². The molecule has 2 aromatic rings. The first-order chi connectivity index (χ1) is 11.4. The van der Waals surface area contributed by atoms with E-state index in [0.717, 1.165) is 5.56 Å². The van der Waals surface area contributed by atoms with Crippen LogP contribution in [0.2, 0.25) is 0 Å². The number of rotatable bonds is 5. The minimum absolute atomic E-state index is 0.0154. The van der Waals surface area contributed by atoms with Crippen LogP contribution in [0.3, 0.4) is 0 Å². The van der Waals surface area contributed by atoms with Gasteiger partial charge in [0.1, 0.15) is 0 Å². The van der Waals surface area contributed by atoms with Crippen LogP contribution < -0.4 is 5.32 Å². The summed E-state index contributed by atoms with van der Waals surface area (Å²) in [5, 5.41) is 6.68. The fourth-order valence-electron chi connectivity index (χ4n) is 2.70. The number of aryl methyl sites for hydroxylation is 1. The van der Waals surface area contributed by atoms with Crippen LogP contribution in [0.25, 0.3) is 11.4 Å². The van der Waals surface area contributed by atoms with E-state index < -0.39 is 15.4 Å². The molecule has 1 N–H and O–H groups in total. The predicted octanol–water partition coefficient (Wildman–Crippen LogP) is 0.758. The molecule has 1 aliphatic rings. The Kier molecular flexibility index (Phi) is 4.35. The van der Waals surface area contributed by atoms with Crippen molar-refractivity contribution in [2.45, 2.75) is 31.7 Å². The average molecular weight is 350 g/mol. The molecule has 24 heavy (non-hydrogen) atoms. The highest BCUT2D eigenvalue weighted by Gasteiger charge is 2.39. The number of amides is 1. The van der Waals surface area contributed by atoms with E-state index in [1.165, 1.54) is 0 Å². The third-order valence-electron chi connectivity index (χ3n) is 3.92. The molecule has 0 aromatic carbocycles. The van der Waals surface area contributed by atoms with Crippen molar-refractivity contribution in [3.8, 4) is 11.4 Å². The summed E-state index contributed by atoms with van der Waals surface area (Å²) in [5.41, 5.74) is 0.0978. The predicted molar refractivity (Wildman–Crippen MR) is 85.7 cm³/mol. The SMILES string of the molecule is CC1(NC(=O)CCc2nc(-c3ccncc3)no2)CCS(=O)(=O)C1. The van der Waals surface area contributed by atoms with E-state index in [4.69, 9.17) is 4.52 Å². The molecule has 128 valence electrons. The fourth-order valence-corrected chi connectivity index (χ4v) is 4.80. The summed E-state index contributed by atoms with van der Waals surface area (Å²) in [6.45, 7) is 1.75. The summed E-state index contributed by atoms with van der Waals surface area (Å²) in [6.07, 6.45) is 4.17. The summed E-state index contributed by atoms with van der Waals surface area (Å²) in [5.74, 6) is 0.683. The first-order valence-corrected chi connectivity index (χ1v) is 9.42. The van der Waals surface area contributed by atoms with Crippen LogP contribution in [0.4, 0.5) is 0 Å². The van der Waals surface area contributed by atoms with E-state index >= 15 is 0 Å². The van der Waals surface area contributed by atoms with Crippen molar-refractivity contribution in [2.75, 3.05) is 11.5 Å². The third kappa shape index (κ3) is 3.97. The van der Waals surface area contributed by atoms with Crippen molar-refractivity contribution in [1.82, 2.24) is 20.4 Å². The first-order valence-electron chi connectivity index (χ1n) is 7.60. The molecule has 1 aliphatic heterocycles. The van der Waals surface area contributed by atoms with Gasteiger partial charge in [-0.2, -0.15) is 4.98 Å². The number of sulfone groups is 1. The molecule has 0 aliphatic carbocycles. The van der Waals surface area contributed by atoms with Gasteiger partial charge in [-0.05, 0) is 25.5 Å². The molecule has 8 nitrogen and oxygen atoms in total. The topological polar surface area (TPSA) is 115 Å². The molecule has 0 spiro atoms. The summed E-state index contributed by atoms with van der Waals surface area (Å²) in [7, 11) is -3.05. The fraction of sp³-hybridized carbons (Fsp3) is 0.467. The molecule has 1 saturated heterocycles. The minimum Gasteiger partial charge on any atom is -0.350 e. The van der Waals surface area contributed by atoms with Crippen LogP contribution in [0.15, 0.2) is 29.0 Å². The molecular formula is C15H18N4O4S. The van der Waals surface area contributed by atoms with Crippen LogP contribution in [0.1, 0.15) is 25.7 Å². The quantitative estimate of drug-likeness (QED) is 0.846. The standard InChI is InChI=1S/C15H18N4O4S/c1-15(6-9-24(21,22)10-15)18-12(20)2-3-13-17-14(19-23-13)11-4-7-16-8-5-11/h4-5,7-8H,2-3,6,9-10H2,1H3,(H,18,20). The lowest BCUT2D eigenvalue weighted by Crippen LogP contribution is -2.47. The lowest BCUT2D eigenvalue weighted by atomic mass is 10.0. The summed E-state index contributed by atoms with van der Waals surface area (Å²) in [4.78, 5) is 20.2. The molecule has 1 atom stereocenters. The summed E-state index contributed by atoms with van der Waals surface area (Å²) < 4.78 is 28.3. The molecule has 3 heterocycles. The summed E-state index contributed by atoms with van der Waals surface area (Å²) >= 11 is 0. The minimum atomic E-state index is -3.05. The molecule has 9 heteroatoms. The normalized spacial score (nSPS) is 22.4. The van der Waals surface area contributed by atoms with Gasteiger partial charge in [-0.3, -0.25) is 9.78 Å². The summed E-state index contributed by atoms with van der Waals surface area (Å²) in [6, 6.07) is 3.53. The Morgan fingerprint density at radius 3 is 2.79 bits per heavy atom. The van der Waals surface area contributed by atoms with Gasteiger partial charge in [0.15, 0.2) is 9.84 Å². The average Bonchev–Trinajstić information content (AvgIpc) is 3.10. The zero-order valence-corrected chi connectivity index (χ0v) is 14.0. The largest absolute Gasteiger partial charge is 0.350 e. The van der Waals surface area contributed by atoms with Crippen molar-refractivity contribution >= 4 is 15.7 Å². The highest BCUT2D eigenvalue weighted by molar-refractivity contribution is 7.91. The van der Waals surface area contributed by atoms with Gasteiger partial charge in [0.2, 0.25) is 17.6 Å². The Hall–Kier alpha value is -2.29. The highest BCUT2D eigenvalue weighted by Crippen LogP contribution is 2.23. The number of hydrogen-bond acceptors (Lipinski definition) is 7. The third-order valence-corrected chi connectivity index (χ3v) is 5.82. The second kappa shape index (κ2) is 6.31. The van der Waals surface area contributed by atoms with Gasteiger partial charge < -0.3 is 9.84 Å². The molecule has 1 unspecified atom stereocenters. The second-order valence-electron chi connectivity index (χ2n) is 6.20. The number of nitrogens with zero attached hydrogens (tertiary/aromatic N) is 3. The van der Waals surface area contributed by atoms with Gasteiger partial charge in [0, 0.05) is 30.8 Å². The smallest absolute Gasteiger partial charge is 0.227 e. The maximum Gasteiger partial charge on any atom is 0.227 e. The van der Waals surface area contributed by atoms with Crippen LogP contribution in [0, 0.1) is 0 Å². The van der Waals surface area contributed by atoms with E-state index in [9.17, 15) is 13.2 Å². The van der Waals surface area contributed by atoms with Crippen LogP contribution in [-0.2, 0) is 21.1 Å². The maximum atomic E-state index is 12.1. The lowest BCUT2D eigenvalue weighted by molar-refractivity contribution is -0.122. The maximum absolute atomic E-state index is 12.1. The Balaban J connectivity index is 1.55. The van der Waals surface area contributed by atoms with E-state index in [2.05, 4.69) is 20.4 Å². The number of carbonyl (C=O) groups excluding carboxylic acids is 1. The van der Waals surface area contributed by atoms with Crippen molar-refractivity contribution in [1.29, 1.82) is 0 Å². The molecule has 3 rings (SSSR count). The van der Waals surface area contributed by atoms with Crippen LogP contribution in [-0.4, -0.2) is 46.5 Å². The lowest BCUT2D eigenvalue weighted by Gasteiger charge is -2.23. The molecule has 1 amide bonds. The molecule has 1 fully saturated rings. The van der Waals surface area contributed by atoms with Crippen molar-refractivity contribution < 1.29 is 17.7 Å². The number of nitrogens with one attached hydrogen (secondary N) is 1.